The highest BCUT2D eigenvalue weighted by Crippen LogP contribution is 2.12. The second kappa shape index (κ2) is 8.87. The summed E-state index contributed by atoms with van der Waals surface area (Å²) < 4.78 is 4.62. The molecule has 0 aliphatic rings. The third-order valence-electron chi connectivity index (χ3n) is 2.82. The van der Waals surface area contributed by atoms with Crippen LogP contribution >= 0.6 is 0 Å². The Morgan fingerprint density at radius 2 is 2.32 bits per heavy atom. The Morgan fingerprint density at radius 1 is 1.47 bits per heavy atom. The number of aromatic nitrogens is 1. The number of nitriles is 1. The van der Waals surface area contributed by atoms with Crippen LogP contribution in [0.3, 0.4) is 0 Å². The molecule has 1 aromatic rings. The predicted molar refractivity (Wildman–Crippen MR) is 72.1 cm³/mol. The third kappa shape index (κ3) is 5.82. The van der Waals surface area contributed by atoms with Crippen molar-refractivity contribution in [2.45, 2.75) is 32.1 Å². The molecule has 1 heterocycles. The molecule has 0 amide bonds. The normalized spacial score (nSPS) is 10.8. The lowest BCUT2D eigenvalue weighted by atomic mass is 10.0. The fraction of sp³-hybridized carbons (Fsp3) is 0.400. The van der Waals surface area contributed by atoms with Gasteiger partial charge in [-0.2, -0.15) is 5.26 Å². The first kappa shape index (κ1) is 14.9. The van der Waals surface area contributed by atoms with Crippen molar-refractivity contribution >= 4 is 5.97 Å². The van der Waals surface area contributed by atoms with E-state index in [-0.39, 0.29) is 0 Å². The molecule has 0 spiro atoms. The summed E-state index contributed by atoms with van der Waals surface area (Å²) in [6, 6.07) is 5.87. The van der Waals surface area contributed by atoms with E-state index in [1.807, 2.05) is 18.3 Å². The van der Waals surface area contributed by atoms with Gasteiger partial charge in [0, 0.05) is 24.0 Å². The van der Waals surface area contributed by atoms with E-state index < -0.39 is 5.97 Å². The number of esters is 1. The monoisotopic (exact) mass is 258 g/mol. The molecule has 4 heteroatoms. The van der Waals surface area contributed by atoms with Crippen molar-refractivity contribution in [3.63, 3.8) is 0 Å². The number of ether oxygens (including phenoxy) is 1. The molecular weight excluding hydrogens is 240 g/mol. The van der Waals surface area contributed by atoms with Gasteiger partial charge in [-0.05, 0) is 37.3 Å². The minimum absolute atomic E-state index is 0.409. The maximum absolute atomic E-state index is 11.3. The van der Waals surface area contributed by atoms with E-state index in [1.165, 1.54) is 18.7 Å². The van der Waals surface area contributed by atoms with Gasteiger partial charge in [-0.25, -0.2) is 4.79 Å². The van der Waals surface area contributed by atoms with E-state index in [2.05, 4.69) is 15.8 Å². The predicted octanol–water partition coefficient (Wildman–Crippen LogP) is 2.81. The number of methoxy groups -OCH3 is 1. The van der Waals surface area contributed by atoms with Crippen LogP contribution in [-0.4, -0.2) is 18.1 Å². The van der Waals surface area contributed by atoms with Crippen LogP contribution in [0.5, 0.6) is 0 Å². The first-order valence-corrected chi connectivity index (χ1v) is 6.33. The molecule has 0 fully saturated rings. The van der Waals surface area contributed by atoms with Crippen molar-refractivity contribution in [2.75, 3.05) is 7.11 Å². The largest absolute Gasteiger partial charge is 0.466 e. The van der Waals surface area contributed by atoms with Crippen molar-refractivity contribution in [1.29, 1.82) is 5.26 Å². The quantitative estimate of drug-likeness (QED) is 0.326. The molecule has 0 saturated carbocycles. The molecule has 0 aromatic carbocycles. The summed E-state index contributed by atoms with van der Waals surface area (Å²) in [5.74, 6) is -0.409. The Kier molecular flexibility index (Phi) is 6.96. The number of allylic oxidation sites excluding steroid dienone is 1. The number of hydrogen-bond acceptors (Lipinski definition) is 4. The Balaban J connectivity index is 2.25. The number of hydrogen-bond donors (Lipinski definition) is 0. The number of nitrogens with zero attached hydrogens (tertiary/aromatic N) is 2. The van der Waals surface area contributed by atoms with Crippen LogP contribution in [0.4, 0.5) is 0 Å². The smallest absolute Gasteiger partial charge is 0.334 e. The molecule has 0 N–H and O–H groups in total. The zero-order valence-corrected chi connectivity index (χ0v) is 11.1. The van der Waals surface area contributed by atoms with Crippen LogP contribution in [0.25, 0.3) is 0 Å². The second-order valence-electron chi connectivity index (χ2n) is 4.21. The topological polar surface area (TPSA) is 63.0 Å². The standard InChI is InChI=1S/C15H18N2O2/c1-19-15(18)14(9-10-16)8-4-2-3-6-13-7-5-11-17-12-13/h5,7,9,11-12H,2-4,6,8H2,1H3/b14-9-. The van der Waals surface area contributed by atoms with Crippen LogP contribution in [-0.2, 0) is 16.0 Å². The lowest BCUT2D eigenvalue weighted by molar-refractivity contribution is -0.136. The second-order valence-corrected chi connectivity index (χ2v) is 4.21. The average molecular weight is 258 g/mol. The number of aryl methyl sites for hydroxylation is 1. The van der Waals surface area contributed by atoms with Gasteiger partial charge in [0.15, 0.2) is 0 Å². The van der Waals surface area contributed by atoms with Crippen LogP contribution < -0.4 is 0 Å². The van der Waals surface area contributed by atoms with Crippen molar-refractivity contribution < 1.29 is 9.53 Å². The average Bonchev–Trinajstić information content (AvgIpc) is 2.46. The van der Waals surface area contributed by atoms with Gasteiger partial charge in [0.1, 0.15) is 0 Å². The summed E-state index contributed by atoms with van der Waals surface area (Å²) in [7, 11) is 1.33. The van der Waals surface area contributed by atoms with E-state index in [1.54, 1.807) is 6.20 Å². The fourth-order valence-electron chi connectivity index (χ4n) is 1.81. The highest BCUT2D eigenvalue weighted by Gasteiger charge is 2.08. The number of rotatable bonds is 7. The molecule has 0 aliphatic heterocycles. The summed E-state index contributed by atoms with van der Waals surface area (Å²) in [5.41, 5.74) is 1.68. The van der Waals surface area contributed by atoms with Crippen molar-refractivity contribution in [3.8, 4) is 6.07 Å². The molecule has 0 atom stereocenters. The van der Waals surface area contributed by atoms with E-state index in [9.17, 15) is 4.79 Å². The minimum Gasteiger partial charge on any atom is -0.466 e. The van der Waals surface area contributed by atoms with Gasteiger partial charge in [-0.1, -0.05) is 12.5 Å². The molecule has 0 aliphatic carbocycles. The summed E-state index contributed by atoms with van der Waals surface area (Å²) in [6.45, 7) is 0. The summed E-state index contributed by atoms with van der Waals surface area (Å²) in [6.07, 6.45) is 9.42. The summed E-state index contributed by atoms with van der Waals surface area (Å²) in [5, 5.41) is 8.59. The molecule has 0 radical (unpaired) electrons. The molecule has 0 saturated heterocycles. The van der Waals surface area contributed by atoms with Gasteiger partial charge >= 0.3 is 5.97 Å². The zero-order chi connectivity index (χ0) is 13.9. The number of pyridine rings is 1. The molecule has 4 nitrogen and oxygen atoms in total. The SMILES string of the molecule is COC(=O)/C(=C\C#N)CCCCCc1cccnc1. The van der Waals surface area contributed by atoms with Crippen LogP contribution in [0, 0.1) is 11.3 Å². The van der Waals surface area contributed by atoms with E-state index >= 15 is 0 Å². The van der Waals surface area contributed by atoms with E-state index in [0.717, 1.165) is 25.7 Å². The first-order valence-electron chi connectivity index (χ1n) is 6.33. The van der Waals surface area contributed by atoms with Crippen LogP contribution in [0.2, 0.25) is 0 Å². The highest BCUT2D eigenvalue weighted by atomic mass is 16.5. The Morgan fingerprint density at radius 3 is 2.95 bits per heavy atom. The van der Waals surface area contributed by atoms with Crippen molar-refractivity contribution in [3.05, 3.63) is 41.7 Å². The Hall–Kier alpha value is -2.15. The van der Waals surface area contributed by atoms with Gasteiger partial charge in [0.2, 0.25) is 0 Å². The molecule has 100 valence electrons. The number of carbonyl (C=O) groups is 1. The van der Waals surface area contributed by atoms with Crippen LogP contribution in [0.1, 0.15) is 31.2 Å². The lowest BCUT2D eigenvalue weighted by Gasteiger charge is -2.04. The fourth-order valence-corrected chi connectivity index (χ4v) is 1.81. The third-order valence-corrected chi connectivity index (χ3v) is 2.82. The molecule has 0 bridgehead atoms. The van der Waals surface area contributed by atoms with Gasteiger partial charge < -0.3 is 4.74 Å². The Labute approximate surface area is 113 Å². The molecule has 1 aromatic heterocycles. The van der Waals surface area contributed by atoms with Gasteiger partial charge in [0.05, 0.1) is 13.2 Å². The van der Waals surface area contributed by atoms with Crippen molar-refractivity contribution in [1.82, 2.24) is 4.98 Å². The van der Waals surface area contributed by atoms with E-state index in [0.29, 0.717) is 12.0 Å². The van der Waals surface area contributed by atoms with Gasteiger partial charge in [0.25, 0.3) is 0 Å². The maximum atomic E-state index is 11.3. The first-order chi connectivity index (χ1) is 9.27. The van der Waals surface area contributed by atoms with Gasteiger partial charge in [-0.15, -0.1) is 0 Å². The molecule has 1 rings (SSSR count). The zero-order valence-electron chi connectivity index (χ0n) is 11.1. The highest BCUT2D eigenvalue weighted by molar-refractivity contribution is 5.88. The maximum Gasteiger partial charge on any atom is 0.334 e. The lowest BCUT2D eigenvalue weighted by Crippen LogP contribution is -2.04. The Bertz CT molecular complexity index is 461. The summed E-state index contributed by atoms with van der Waals surface area (Å²) in [4.78, 5) is 15.4. The number of unbranched alkanes of at least 4 members (excludes halogenated alkanes) is 2. The molecule has 0 unspecified atom stereocenters. The van der Waals surface area contributed by atoms with Crippen LogP contribution in [0.15, 0.2) is 36.2 Å². The number of carbonyl (C=O) groups excluding carboxylic acids is 1. The van der Waals surface area contributed by atoms with Gasteiger partial charge in [-0.3, -0.25) is 4.98 Å². The summed E-state index contributed by atoms with van der Waals surface area (Å²) >= 11 is 0. The van der Waals surface area contributed by atoms with Crippen molar-refractivity contribution in [2.24, 2.45) is 0 Å². The minimum atomic E-state index is -0.409. The molecule has 19 heavy (non-hydrogen) atoms. The molecular formula is C15H18N2O2. The van der Waals surface area contributed by atoms with E-state index in [4.69, 9.17) is 5.26 Å².